The van der Waals surface area contributed by atoms with E-state index in [1.54, 1.807) is 21.3 Å². The molecule has 0 fully saturated rings. The molecule has 0 aliphatic rings. The fourth-order valence-electron chi connectivity index (χ4n) is 4.76. The molecule has 2 unspecified atom stereocenters. The topological polar surface area (TPSA) is 73.9 Å². The quantitative estimate of drug-likeness (QED) is 0.138. The van der Waals surface area contributed by atoms with Crippen LogP contribution in [-0.4, -0.2) is 47.9 Å². The minimum absolute atomic E-state index is 0. The Kier molecular flexibility index (Phi) is 26.6. The number of halogens is 1. The molecule has 0 heterocycles. The number of hydrogen-bond donors (Lipinski definition) is 2. The summed E-state index contributed by atoms with van der Waals surface area (Å²) in [6, 6.07) is 0. The molecule has 0 aliphatic heterocycles. The van der Waals surface area contributed by atoms with Crippen molar-refractivity contribution in [3.63, 3.8) is 0 Å². The highest BCUT2D eigenvalue weighted by Gasteiger charge is 2.52. The average Bonchev–Trinajstić information content (AvgIpc) is 2.76. The number of hydrogen-bond acceptors (Lipinski definition) is 5. The third-order valence-corrected chi connectivity index (χ3v) is 9.77. The maximum atomic E-state index is 7.00. The Bertz CT molecular complexity index is 371. The zero-order valence-corrected chi connectivity index (χ0v) is 24.5. The summed E-state index contributed by atoms with van der Waals surface area (Å²) in [5, 5.41) is 7.00. The van der Waals surface area contributed by atoms with Gasteiger partial charge in [0.25, 0.3) is 0 Å². The van der Waals surface area contributed by atoms with E-state index >= 15 is 0 Å². The van der Waals surface area contributed by atoms with Gasteiger partial charge in [-0.3, -0.25) is 0 Å². The number of aliphatic hydroxyl groups excluding tert-OH is 1. The van der Waals surface area contributed by atoms with Gasteiger partial charge in [0.2, 0.25) is 0 Å². The third kappa shape index (κ3) is 15.3. The highest BCUT2D eigenvalue weighted by atomic mass is 35.5. The van der Waals surface area contributed by atoms with Crippen molar-refractivity contribution < 1.29 is 18.4 Å². The summed E-state index contributed by atoms with van der Waals surface area (Å²) in [5.74, 6) is 0.335. The van der Waals surface area contributed by atoms with Crippen LogP contribution in [0.15, 0.2) is 0 Å². The van der Waals surface area contributed by atoms with Gasteiger partial charge in [0, 0.05) is 39.5 Å². The molecule has 3 N–H and O–H groups in total. The van der Waals surface area contributed by atoms with Gasteiger partial charge in [-0.05, 0) is 32.6 Å². The number of nitrogens with two attached hydrogens (primary N) is 1. The molecule has 198 valence electrons. The van der Waals surface area contributed by atoms with E-state index < -0.39 is 8.80 Å². The van der Waals surface area contributed by atoms with Crippen molar-refractivity contribution in [1.29, 1.82) is 0 Å². The molecule has 7 heteroatoms. The Morgan fingerprint density at radius 3 is 1.38 bits per heavy atom. The lowest BCUT2D eigenvalue weighted by molar-refractivity contribution is 0.0869. The SMILES string of the molecule is CCCCCCCCCCCCCC(C(CCC)C(C)(C)N)[Si](OC)(OC)OC.CO.Cl. The van der Waals surface area contributed by atoms with Crippen LogP contribution < -0.4 is 5.73 Å². The Hall–Kier alpha value is 0.307. The molecule has 32 heavy (non-hydrogen) atoms. The molecule has 5 nitrogen and oxygen atoms in total. The van der Waals surface area contributed by atoms with Crippen LogP contribution in [0.25, 0.3) is 0 Å². The first-order valence-corrected chi connectivity index (χ1v) is 14.5. The largest absolute Gasteiger partial charge is 0.503 e. The van der Waals surface area contributed by atoms with E-state index in [1.807, 2.05) is 0 Å². The first kappa shape index (κ1) is 36.9. The fourth-order valence-corrected chi connectivity index (χ4v) is 7.81. The van der Waals surface area contributed by atoms with Crippen molar-refractivity contribution in [2.75, 3.05) is 28.4 Å². The van der Waals surface area contributed by atoms with Crippen molar-refractivity contribution in [1.82, 2.24) is 0 Å². The van der Waals surface area contributed by atoms with Gasteiger partial charge in [0.15, 0.2) is 0 Å². The van der Waals surface area contributed by atoms with Crippen LogP contribution in [0.3, 0.4) is 0 Å². The second-order valence-electron chi connectivity index (χ2n) is 9.36. The minimum Gasteiger partial charge on any atom is -0.400 e. The van der Waals surface area contributed by atoms with E-state index in [-0.39, 0.29) is 23.5 Å². The first-order valence-electron chi connectivity index (χ1n) is 12.7. The molecule has 0 radical (unpaired) electrons. The lowest BCUT2D eigenvalue weighted by Crippen LogP contribution is -2.55. The molecule has 0 saturated carbocycles. The van der Waals surface area contributed by atoms with Crippen molar-refractivity contribution in [3.05, 3.63) is 0 Å². The van der Waals surface area contributed by atoms with Crippen molar-refractivity contribution in [2.45, 2.75) is 129 Å². The number of aliphatic hydroxyl groups is 1. The van der Waals surface area contributed by atoms with Crippen LogP contribution in [0.5, 0.6) is 0 Å². The van der Waals surface area contributed by atoms with E-state index in [0.29, 0.717) is 5.92 Å². The van der Waals surface area contributed by atoms with Gasteiger partial charge in [0.1, 0.15) is 0 Å². The summed E-state index contributed by atoms with van der Waals surface area (Å²) >= 11 is 0. The predicted octanol–water partition coefficient (Wildman–Crippen LogP) is 7.12. The summed E-state index contributed by atoms with van der Waals surface area (Å²) in [7, 11) is 3.47. The van der Waals surface area contributed by atoms with E-state index in [0.717, 1.165) is 26.4 Å². The van der Waals surface area contributed by atoms with Crippen molar-refractivity contribution >= 4 is 21.2 Å². The summed E-state index contributed by atoms with van der Waals surface area (Å²) in [5.41, 5.74) is 6.59. The molecule has 0 bridgehead atoms. The average molecular weight is 500 g/mol. The molecule has 0 aromatic carbocycles. The monoisotopic (exact) mass is 499 g/mol. The normalized spacial score (nSPS) is 13.7. The predicted molar refractivity (Wildman–Crippen MR) is 144 cm³/mol. The van der Waals surface area contributed by atoms with Crippen LogP contribution in [0.1, 0.15) is 118 Å². The minimum atomic E-state index is -2.73. The Labute approximate surface area is 208 Å². The second-order valence-corrected chi connectivity index (χ2v) is 12.5. The lowest BCUT2D eigenvalue weighted by atomic mass is 9.80. The maximum Gasteiger partial charge on any atom is 0.503 e. The molecule has 2 atom stereocenters. The number of rotatable bonds is 20. The van der Waals surface area contributed by atoms with Gasteiger partial charge in [-0.1, -0.05) is 90.9 Å². The smallest absolute Gasteiger partial charge is 0.400 e. The van der Waals surface area contributed by atoms with Gasteiger partial charge >= 0.3 is 8.80 Å². The lowest BCUT2D eigenvalue weighted by Gasteiger charge is -2.43. The van der Waals surface area contributed by atoms with E-state index in [1.165, 1.54) is 70.6 Å². The van der Waals surface area contributed by atoms with Crippen molar-refractivity contribution in [2.24, 2.45) is 11.7 Å². The molecular weight excluding hydrogens is 442 g/mol. The highest BCUT2D eigenvalue weighted by molar-refractivity contribution is 6.62. The molecule has 0 aliphatic carbocycles. The molecule has 0 spiro atoms. The van der Waals surface area contributed by atoms with Gasteiger partial charge in [-0.15, -0.1) is 12.4 Å². The van der Waals surface area contributed by atoms with Crippen LogP contribution in [0.2, 0.25) is 5.54 Å². The molecular formula is C25H58ClNO4Si. The van der Waals surface area contributed by atoms with Crippen LogP contribution in [0.4, 0.5) is 0 Å². The van der Waals surface area contributed by atoms with Gasteiger partial charge in [-0.25, -0.2) is 0 Å². The second kappa shape index (κ2) is 23.1. The summed E-state index contributed by atoms with van der Waals surface area (Å²) in [4.78, 5) is 0. The maximum absolute atomic E-state index is 7.00. The Morgan fingerprint density at radius 1 is 0.688 bits per heavy atom. The zero-order valence-electron chi connectivity index (χ0n) is 22.7. The van der Waals surface area contributed by atoms with Gasteiger partial charge in [0.05, 0.1) is 0 Å². The summed E-state index contributed by atoms with van der Waals surface area (Å²) < 4.78 is 17.7. The van der Waals surface area contributed by atoms with Crippen LogP contribution in [-0.2, 0) is 13.3 Å². The van der Waals surface area contributed by atoms with Gasteiger partial charge < -0.3 is 24.1 Å². The number of unbranched alkanes of at least 4 members (excludes halogenated alkanes) is 10. The molecule has 0 aromatic heterocycles. The first-order chi connectivity index (χ1) is 14.8. The van der Waals surface area contributed by atoms with E-state index in [9.17, 15) is 0 Å². The summed E-state index contributed by atoms with van der Waals surface area (Å²) in [6.07, 6.45) is 18.2. The third-order valence-electron chi connectivity index (χ3n) is 6.47. The highest BCUT2D eigenvalue weighted by Crippen LogP contribution is 2.43. The molecule has 0 rings (SSSR count). The Balaban J connectivity index is -0.00000272. The van der Waals surface area contributed by atoms with Crippen LogP contribution in [0, 0.1) is 5.92 Å². The van der Waals surface area contributed by atoms with Gasteiger partial charge in [-0.2, -0.15) is 0 Å². The molecule has 0 amide bonds. The Morgan fingerprint density at radius 2 is 1.06 bits per heavy atom. The molecule has 0 saturated heterocycles. The molecule has 0 aromatic rings. The van der Waals surface area contributed by atoms with E-state index in [2.05, 4.69) is 27.7 Å². The standard InChI is InChI=1S/C24H53NO3Si.CH4O.ClH/c1-8-10-11-12-13-14-15-16-17-18-19-21-23(29(26-5,27-6)28-7)22(20-9-2)24(3,4)25;1-2;/h22-23H,8-21,25H2,1-7H3;2H,1H3;1H. The fraction of sp³-hybridized carbons (Fsp3) is 1.00. The van der Waals surface area contributed by atoms with Crippen molar-refractivity contribution in [3.8, 4) is 0 Å². The van der Waals surface area contributed by atoms with Crippen LogP contribution >= 0.6 is 12.4 Å². The zero-order chi connectivity index (χ0) is 24.2. The van der Waals surface area contributed by atoms with E-state index in [4.69, 9.17) is 24.1 Å². The summed E-state index contributed by atoms with van der Waals surface area (Å²) in [6.45, 7) is 8.79.